The molecule has 1 heterocycles. The molecule has 0 radical (unpaired) electrons. The highest BCUT2D eigenvalue weighted by atomic mass is 19.1. The SMILES string of the molecule is COCC1CCCN(c2cccc(F)c2CC(C)N)C1. The molecule has 0 bridgehead atoms. The summed E-state index contributed by atoms with van der Waals surface area (Å²) < 4.78 is 19.4. The molecule has 4 heteroatoms. The van der Waals surface area contributed by atoms with Crippen LogP contribution in [0.25, 0.3) is 0 Å². The highest BCUT2D eigenvalue weighted by Crippen LogP contribution is 2.29. The van der Waals surface area contributed by atoms with E-state index in [1.54, 1.807) is 13.2 Å². The second-order valence-electron chi connectivity index (χ2n) is 5.83. The van der Waals surface area contributed by atoms with Crippen LogP contribution in [0.3, 0.4) is 0 Å². The van der Waals surface area contributed by atoms with Crippen LogP contribution < -0.4 is 10.6 Å². The van der Waals surface area contributed by atoms with Crippen molar-refractivity contribution in [3.8, 4) is 0 Å². The van der Waals surface area contributed by atoms with Gasteiger partial charge in [0.05, 0.1) is 6.61 Å². The van der Waals surface area contributed by atoms with Gasteiger partial charge in [-0.05, 0) is 44.2 Å². The first-order valence-electron chi connectivity index (χ1n) is 7.38. The molecule has 0 saturated carbocycles. The van der Waals surface area contributed by atoms with E-state index in [4.69, 9.17) is 10.5 Å². The molecular formula is C16H25FN2O. The van der Waals surface area contributed by atoms with Gasteiger partial charge in [0.25, 0.3) is 0 Å². The molecule has 2 rings (SSSR count). The lowest BCUT2D eigenvalue weighted by molar-refractivity contribution is 0.143. The van der Waals surface area contributed by atoms with E-state index in [0.717, 1.165) is 37.4 Å². The minimum atomic E-state index is -0.145. The van der Waals surface area contributed by atoms with Crippen LogP contribution in [0.2, 0.25) is 0 Å². The fourth-order valence-electron chi connectivity index (χ4n) is 3.02. The van der Waals surface area contributed by atoms with Crippen LogP contribution in [-0.4, -0.2) is 32.8 Å². The Kier molecular flexibility index (Phi) is 5.38. The third kappa shape index (κ3) is 3.70. The van der Waals surface area contributed by atoms with Gasteiger partial charge < -0.3 is 15.4 Å². The largest absolute Gasteiger partial charge is 0.384 e. The van der Waals surface area contributed by atoms with Gasteiger partial charge in [-0.2, -0.15) is 0 Å². The number of benzene rings is 1. The number of nitrogens with zero attached hydrogens (tertiary/aromatic N) is 1. The molecule has 0 amide bonds. The lowest BCUT2D eigenvalue weighted by Gasteiger charge is -2.35. The molecule has 1 aromatic rings. The zero-order valence-corrected chi connectivity index (χ0v) is 12.4. The van der Waals surface area contributed by atoms with Gasteiger partial charge in [0.1, 0.15) is 5.82 Å². The smallest absolute Gasteiger partial charge is 0.128 e. The quantitative estimate of drug-likeness (QED) is 0.901. The summed E-state index contributed by atoms with van der Waals surface area (Å²) in [6.45, 7) is 4.60. The number of methoxy groups -OCH3 is 1. The van der Waals surface area contributed by atoms with Crippen molar-refractivity contribution in [1.29, 1.82) is 0 Å². The van der Waals surface area contributed by atoms with E-state index in [1.807, 2.05) is 13.0 Å². The number of rotatable bonds is 5. The summed E-state index contributed by atoms with van der Waals surface area (Å²) in [5, 5.41) is 0. The second kappa shape index (κ2) is 7.04. The summed E-state index contributed by atoms with van der Waals surface area (Å²) in [5.41, 5.74) is 7.61. The molecule has 1 fully saturated rings. The summed E-state index contributed by atoms with van der Waals surface area (Å²) in [4.78, 5) is 2.29. The van der Waals surface area contributed by atoms with Gasteiger partial charge >= 0.3 is 0 Å². The van der Waals surface area contributed by atoms with Crippen LogP contribution in [0.5, 0.6) is 0 Å². The molecule has 0 spiro atoms. The number of anilines is 1. The number of nitrogens with two attached hydrogens (primary N) is 1. The standard InChI is InChI=1S/C16H25FN2O/c1-12(18)9-14-15(17)6-3-7-16(14)19-8-4-5-13(10-19)11-20-2/h3,6-7,12-13H,4-5,8-11,18H2,1-2H3. The van der Waals surface area contributed by atoms with Crippen molar-refractivity contribution in [3.05, 3.63) is 29.6 Å². The minimum absolute atomic E-state index is 0.0368. The Bertz CT molecular complexity index is 434. The first-order valence-corrected chi connectivity index (χ1v) is 7.38. The van der Waals surface area contributed by atoms with E-state index in [0.29, 0.717) is 12.3 Å². The molecule has 1 aliphatic heterocycles. The zero-order valence-electron chi connectivity index (χ0n) is 12.4. The van der Waals surface area contributed by atoms with Crippen LogP contribution in [-0.2, 0) is 11.2 Å². The maximum atomic E-state index is 14.1. The highest BCUT2D eigenvalue weighted by molar-refractivity contribution is 5.55. The molecule has 1 aliphatic rings. The molecule has 0 aliphatic carbocycles. The molecule has 2 N–H and O–H groups in total. The number of ether oxygens (including phenoxy) is 1. The van der Waals surface area contributed by atoms with Gasteiger partial charge in [0.15, 0.2) is 0 Å². The van der Waals surface area contributed by atoms with Gasteiger partial charge in [-0.1, -0.05) is 6.07 Å². The van der Waals surface area contributed by atoms with Crippen molar-refractivity contribution in [2.24, 2.45) is 11.7 Å². The summed E-state index contributed by atoms with van der Waals surface area (Å²) in [7, 11) is 1.74. The van der Waals surface area contributed by atoms with Gasteiger partial charge in [-0.15, -0.1) is 0 Å². The topological polar surface area (TPSA) is 38.5 Å². The third-order valence-electron chi connectivity index (χ3n) is 3.88. The van der Waals surface area contributed by atoms with Crippen LogP contribution >= 0.6 is 0 Å². The summed E-state index contributed by atoms with van der Waals surface area (Å²) in [6.07, 6.45) is 2.89. The average molecular weight is 280 g/mol. The van der Waals surface area contributed by atoms with E-state index < -0.39 is 0 Å². The molecule has 1 saturated heterocycles. The molecular weight excluding hydrogens is 255 g/mol. The molecule has 3 nitrogen and oxygen atoms in total. The summed E-state index contributed by atoms with van der Waals surface area (Å²) in [6, 6.07) is 5.29. The summed E-state index contributed by atoms with van der Waals surface area (Å²) >= 11 is 0. The van der Waals surface area contributed by atoms with Crippen molar-refractivity contribution < 1.29 is 9.13 Å². The van der Waals surface area contributed by atoms with Gasteiger partial charge in [-0.3, -0.25) is 0 Å². The number of halogens is 1. The molecule has 1 aromatic carbocycles. The fraction of sp³-hybridized carbons (Fsp3) is 0.625. The Balaban J connectivity index is 2.20. The lowest BCUT2D eigenvalue weighted by atomic mass is 9.96. The maximum absolute atomic E-state index is 14.1. The predicted molar refractivity (Wildman–Crippen MR) is 80.6 cm³/mol. The van der Waals surface area contributed by atoms with E-state index in [-0.39, 0.29) is 11.9 Å². The van der Waals surface area contributed by atoms with Crippen molar-refractivity contribution in [2.75, 3.05) is 31.7 Å². The maximum Gasteiger partial charge on any atom is 0.128 e. The van der Waals surface area contributed by atoms with E-state index in [2.05, 4.69) is 4.90 Å². The molecule has 2 unspecified atom stereocenters. The highest BCUT2D eigenvalue weighted by Gasteiger charge is 2.23. The van der Waals surface area contributed by atoms with Gasteiger partial charge in [0, 0.05) is 37.5 Å². The Morgan fingerprint density at radius 2 is 2.30 bits per heavy atom. The van der Waals surface area contributed by atoms with Crippen LogP contribution in [0.4, 0.5) is 10.1 Å². The van der Waals surface area contributed by atoms with E-state index >= 15 is 0 Å². The molecule has 112 valence electrons. The third-order valence-corrected chi connectivity index (χ3v) is 3.88. The van der Waals surface area contributed by atoms with Crippen molar-refractivity contribution >= 4 is 5.69 Å². The number of hydrogen-bond donors (Lipinski definition) is 1. The average Bonchev–Trinajstić information content (AvgIpc) is 2.41. The zero-order chi connectivity index (χ0) is 14.5. The normalized spacial score (nSPS) is 21.0. The van der Waals surface area contributed by atoms with Crippen molar-refractivity contribution in [1.82, 2.24) is 0 Å². The molecule has 0 aromatic heterocycles. The second-order valence-corrected chi connectivity index (χ2v) is 5.83. The summed E-state index contributed by atoms with van der Waals surface area (Å²) in [5.74, 6) is 0.383. The number of piperidine rings is 1. The van der Waals surface area contributed by atoms with Crippen LogP contribution in [0.15, 0.2) is 18.2 Å². The number of hydrogen-bond acceptors (Lipinski definition) is 3. The van der Waals surface area contributed by atoms with Crippen molar-refractivity contribution in [2.45, 2.75) is 32.2 Å². The van der Waals surface area contributed by atoms with Gasteiger partial charge in [-0.25, -0.2) is 4.39 Å². The lowest BCUT2D eigenvalue weighted by Crippen LogP contribution is -2.38. The Morgan fingerprint density at radius 1 is 1.50 bits per heavy atom. The predicted octanol–water partition coefficient (Wildman–Crippen LogP) is 2.58. The monoisotopic (exact) mass is 280 g/mol. The first kappa shape index (κ1) is 15.3. The van der Waals surface area contributed by atoms with E-state index in [1.165, 1.54) is 12.5 Å². The van der Waals surface area contributed by atoms with Gasteiger partial charge in [0.2, 0.25) is 0 Å². The van der Waals surface area contributed by atoms with Crippen LogP contribution in [0.1, 0.15) is 25.3 Å². The Hall–Kier alpha value is -1.13. The minimum Gasteiger partial charge on any atom is -0.384 e. The van der Waals surface area contributed by atoms with E-state index in [9.17, 15) is 4.39 Å². The first-order chi connectivity index (χ1) is 9.61. The Labute approximate surface area is 120 Å². The fourth-order valence-corrected chi connectivity index (χ4v) is 3.02. The Morgan fingerprint density at radius 3 is 3.00 bits per heavy atom. The molecule has 2 atom stereocenters. The van der Waals surface area contributed by atoms with Crippen LogP contribution in [0, 0.1) is 11.7 Å². The molecule has 20 heavy (non-hydrogen) atoms. The van der Waals surface area contributed by atoms with Crippen molar-refractivity contribution in [3.63, 3.8) is 0 Å².